The van der Waals surface area contributed by atoms with Gasteiger partial charge in [0.1, 0.15) is 5.41 Å². The standard InChI is InChI=1S/C48H52N4O13S3/c53-43(54)18-2-1-3-23-49-46(55)48(47(56)50-24-29-68(63,64)65)31-33(19-21-39-37-14-4-10-35-12-6-16-41(44(35)37)51(39)25-8-27-66(57,58)59)30-34(32-48)20-22-40-38-15-5-11-36-13-7-17-42(45(36)38)52(40)26-9-28-67(60,61)62/h4-7,10-17,19-22,30H,1-3,8-9,18,23-29,31-32H2,(H5-,49,50,53,54,55,56,57,58,59,60,61,62,63,64,65)/p+1. The molecular formula is C48H53N4O13S3+. The van der Waals surface area contributed by atoms with E-state index < -0.39 is 77.4 Å². The highest BCUT2D eigenvalue weighted by atomic mass is 32.2. The Morgan fingerprint density at radius 3 is 2.00 bits per heavy atom. The van der Waals surface area contributed by atoms with E-state index in [1.807, 2.05) is 100 Å². The summed E-state index contributed by atoms with van der Waals surface area (Å²) in [6, 6.07) is 23.1. The van der Waals surface area contributed by atoms with E-state index in [4.69, 9.17) is 5.11 Å². The number of amides is 2. The lowest BCUT2D eigenvalue weighted by Gasteiger charge is -2.35. The Kier molecular flexibility index (Phi) is 15.2. The fourth-order valence-electron chi connectivity index (χ4n) is 9.24. The number of allylic oxidation sites excluding steroid dienone is 6. The Hall–Kier alpha value is -6.03. The van der Waals surface area contributed by atoms with Crippen LogP contribution in [-0.2, 0) is 51.3 Å². The minimum atomic E-state index is -4.50. The Labute approximate surface area is 393 Å². The number of aromatic nitrogens is 1. The Bertz CT molecular complexity index is 3330. The van der Waals surface area contributed by atoms with Crippen LogP contribution in [0.5, 0.6) is 0 Å². The maximum Gasteiger partial charge on any atom is 0.303 e. The van der Waals surface area contributed by atoms with E-state index in [0.717, 1.165) is 43.7 Å². The minimum Gasteiger partial charge on any atom is -0.481 e. The van der Waals surface area contributed by atoms with Crippen molar-refractivity contribution in [3.8, 4) is 0 Å². The number of benzene rings is 4. The molecule has 17 nitrogen and oxygen atoms in total. The molecule has 1 atom stereocenters. The van der Waals surface area contributed by atoms with Crippen LogP contribution in [0.3, 0.4) is 0 Å². The molecule has 1 aromatic heterocycles. The van der Waals surface area contributed by atoms with Crippen molar-refractivity contribution in [2.24, 2.45) is 5.41 Å². The smallest absolute Gasteiger partial charge is 0.303 e. The molecule has 1 unspecified atom stereocenters. The highest BCUT2D eigenvalue weighted by molar-refractivity contribution is 7.86. The number of aliphatic carboxylic acids is 1. The Morgan fingerprint density at radius 1 is 0.676 bits per heavy atom. The molecule has 7 rings (SSSR count). The molecule has 2 aliphatic rings. The summed E-state index contributed by atoms with van der Waals surface area (Å²) in [7, 11) is -13.0. The molecule has 5 aromatic rings. The van der Waals surface area contributed by atoms with Crippen LogP contribution in [0.4, 0.5) is 5.69 Å². The van der Waals surface area contributed by atoms with Crippen molar-refractivity contribution in [1.82, 2.24) is 15.2 Å². The number of hydrogen-bond donors (Lipinski definition) is 6. The number of nitrogens with zero attached hydrogens (tertiary/aromatic N) is 2. The first-order valence-electron chi connectivity index (χ1n) is 22.1. The number of carbonyl (C=O) groups excluding carboxylic acids is 2. The molecule has 360 valence electrons. The van der Waals surface area contributed by atoms with Gasteiger partial charge < -0.3 is 20.3 Å². The number of carboxylic acid groups (broad SMARTS) is 1. The number of carbonyl (C=O) groups is 3. The predicted molar refractivity (Wildman–Crippen MR) is 260 cm³/mol. The van der Waals surface area contributed by atoms with Crippen LogP contribution in [0.2, 0.25) is 0 Å². The topological polar surface area (TPSA) is 267 Å². The van der Waals surface area contributed by atoms with Gasteiger partial charge in [0, 0.05) is 66.3 Å². The van der Waals surface area contributed by atoms with Gasteiger partial charge in [0.2, 0.25) is 23.2 Å². The summed E-state index contributed by atoms with van der Waals surface area (Å²) >= 11 is 0. The third-order valence-electron chi connectivity index (χ3n) is 12.2. The van der Waals surface area contributed by atoms with Gasteiger partial charge in [-0.25, -0.2) is 0 Å². The van der Waals surface area contributed by atoms with Crippen LogP contribution >= 0.6 is 0 Å². The van der Waals surface area contributed by atoms with Gasteiger partial charge in [0.15, 0.2) is 6.54 Å². The zero-order valence-corrected chi connectivity index (χ0v) is 39.5. The van der Waals surface area contributed by atoms with Crippen LogP contribution in [0.1, 0.15) is 56.9 Å². The summed E-state index contributed by atoms with van der Waals surface area (Å²) in [5.41, 5.74) is 2.32. The molecule has 2 amide bonds. The van der Waals surface area contributed by atoms with Gasteiger partial charge in [0.05, 0.1) is 28.2 Å². The molecule has 6 N–H and O–H groups in total. The van der Waals surface area contributed by atoms with Crippen LogP contribution in [-0.4, -0.2) is 114 Å². The van der Waals surface area contributed by atoms with Crippen LogP contribution in [0, 0.1) is 5.41 Å². The van der Waals surface area contributed by atoms with Gasteiger partial charge in [-0.1, -0.05) is 79.2 Å². The zero-order valence-electron chi connectivity index (χ0n) is 37.0. The van der Waals surface area contributed by atoms with Crippen LogP contribution in [0.25, 0.3) is 38.5 Å². The van der Waals surface area contributed by atoms with Crippen molar-refractivity contribution >= 4 is 98.1 Å². The number of carboxylic acids is 1. The van der Waals surface area contributed by atoms with Crippen molar-refractivity contribution in [3.63, 3.8) is 0 Å². The van der Waals surface area contributed by atoms with Crippen molar-refractivity contribution in [2.45, 2.75) is 57.9 Å². The molecule has 0 radical (unpaired) electrons. The lowest BCUT2D eigenvalue weighted by molar-refractivity contribution is -0.435. The first-order chi connectivity index (χ1) is 32.2. The molecule has 68 heavy (non-hydrogen) atoms. The SMILES string of the molecule is O=C(O)CCCCCNC(=O)C1(C(=O)NCCS(=O)(=O)O)CC(/C=C/C2=[N+](CCCS(=O)(=O)O)c3cccc4cccc2c34)=CC(=C/C=c2\c3cccc4cccc(c43)n2CCCS(=O)(=O)O)/C1. The molecule has 0 fully saturated rings. The summed E-state index contributed by atoms with van der Waals surface area (Å²) in [6.07, 6.45) is 10.1. The van der Waals surface area contributed by atoms with Crippen molar-refractivity contribution < 1.29 is 63.0 Å². The molecule has 4 aromatic carbocycles. The lowest BCUT2D eigenvalue weighted by atomic mass is 9.70. The molecule has 1 aliphatic carbocycles. The van der Waals surface area contributed by atoms with E-state index in [1.165, 1.54) is 0 Å². The maximum absolute atomic E-state index is 14.6. The van der Waals surface area contributed by atoms with Gasteiger partial charge in [-0.05, 0) is 72.2 Å². The Balaban J connectivity index is 1.36. The van der Waals surface area contributed by atoms with Crippen LogP contribution in [0.15, 0.2) is 108 Å². The minimum absolute atomic E-state index is 0.0493. The van der Waals surface area contributed by atoms with E-state index in [9.17, 15) is 53.3 Å². The number of rotatable bonds is 22. The van der Waals surface area contributed by atoms with Gasteiger partial charge in [-0.2, -0.15) is 29.8 Å². The van der Waals surface area contributed by atoms with E-state index in [-0.39, 0.29) is 51.7 Å². The van der Waals surface area contributed by atoms with Gasteiger partial charge in [0.25, 0.3) is 30.4 Å². The Morgan fingerprint density at radius 2 is 1.31 bits per heavy atom. The van der Waals surface area contributed by atoms with Crippen molar-refractivity contribution in [3.05, 3.63) is 119 Å². The molecular weight excluding hydrogens is 937 g/mol. The third-order valence-corrected chi connectivity index (χ3v) is 14.5. The number of unbranched alkanes of at least 4 members (excludes halogenated alkanes) is 2. The molecule has 20 heteroatoms. The van der Waals surface area contributed by atoms with Crippen molar-refractivity contribution in [1.29, 1.82) is 0 Å². The molecule has 0 saturated heterocycles. The van der Waals surface area contributed by atoms with Crippen molar-refractivity contribution in [2.75, 3.05) is 36.9 Å². The fraction of sp³-hybridized carbons (Fsp3) is 0.333. The van der Waals surface area contributed by atoms with Crippen LogP contribution < -0.4 is 16.0 Å². The first kappa shape index (κ1) is 49.9. The van der Waals surface area contributed by atoms with E-state index in [2.05, 4.69) is 10.6 Å². The highest BCUT2D eigenvalue weighted by Crippen LogP contribution is 2.41. The second-order valence-corrected chi connectivity index (χ2v) is 21.8. The quantitative estimate of drug-likeness (QED) is 0.0228. The molecule has 0 spiro atoms. The molecule has 0 bridgehead atoms. The predicted octanol–water partition coefficient (Wildman–Crippen LogP) is 5.10. The van der Waals surface area contributed by atoms with E-state index in [1.54, 1.807) is 12.2 Å². The zero-order chi connectivity index (χ0) is 48.9. The maximum atomic E-state index is 14.6. The summed E-state index contributed by atoms with van der Waals surface area (Å²) in [5, 5.41) is 19.8. The summed E-state index contributed by atoms with van der Waals surface area (Å²) in [5.74, 6) is -4.17. The second kappa shape index (κ2) is 20.7. The lowest BCUT2D eigenvalue weighted by Crippen LogP contribution is -2.53. The van der Waals surface area contributed by atoms with E-state index in [0.29, 0.717) is 41.5 Å². The number of aryl methyl sites for hydroxylation is 1. The average molecular weight is 990 g/mol. The van der Waals surface area contributed by atoms with E-state index >= 15 is 0 Å². The number of nitrogens with one attached hydrogen (secondary N) is 2. The second-order valence-electron chi connectivity index (χ2n) is 17.1. The average Bonchev–Trinajstić information content (AvgIpc) is 3.74. The number of hydrogen-bond acceptors (Lipinski definition) is 9. The summed E-state index contributed by atoms with van der Waals surface area (Å²) in [6.45, 7) is 0.0428. The normalized spacial score (nSPS) is 17.5. The molecule has 2 heterocycles. The van der Waals surface area contributed by atoms with Gasteiger partial charge in [-0.15, -0.1) is 0 Å². The third kappa shape index (κ3) is 12.0. The van der Waals surface area contributed by atoms with Gasteiger partial charge in [-0.3, -0.25) is 28.0 Å². The molecule has 1 aliphatic heterocycles. The largest absolute Gasteiger partial charge is 0.481 e. The first-order valence-corrected chi connectivity index (χ1v) is 27.0. The highest BCUT2D eigenvalue weighted by Gasteiger charge is 2.48. The fourth-order valence-corrected chi connectivity index (χ4v) is 10.6. The molecule has 0 saturated carbocycles. The monoisotopic (exact) mass is 989 g/mol. The van der Waals surface area contributed by atoms with Gasteiger partial charge >= 0.3 is 5.97 Å². The summed E-state index contributed by atoms with van der Waals surface area (Å²) < 4.78 is 103. The summed E-state index contributed by atoms with van der Waals surface area (Å²) in [4.78, 5) is 40.3.